The zero-order valence-electron chi connectivity index (χ0n) is 8.00. The average Bonchev–Trinajstić information content (AvgIpc) is 2.50. The number of rotatable bonds is 2. The Balaban J connectivity index is 2.60. The summed E-state index contributed by atoms with van der Waals surface area (Å²) in [6.07, 6.45) is 2.65. The SMILES string of the molecule is Cn1ncc2cc(CCN)c(Cl)cc21. The Hall–Kier alpha value is -1.06. The monoisotopic (exact) mass is 209 g/mol. The van der Waals surface area contributed by atoms with E-state index in [1.165, 1.54) is 0 Å². The van der Waals surface area contributed by atoms with Gasteiger partial charge in [-0.2, -0.15) is 5.10 Å². The van der Waals surface area contributed by atoms with E-state index in [4.69, 9.17) is 17.3 Å². The van der Waals surface area contributed by atoms with Gasteiger partial charge >= 0.3 is 0 Å². The number of halogens is 1. The van der Waals surface area contributed by atoms with Gasteiger partial charge in [-0.3, -0.25) is 4.68 Å². The van der Waals surface area contributed by atoms with Crippen molar-refractivity contribution in [1.82, 2.24) is 9.78 Å². The van der Waals surface area contributed by atoms with Crippen molar-refractivity contribution in [3.63, 3.8) is 0 Å². The third-order valence-electron chi connectivity index (χ3n) is 2.33. The number of nitrogens with two attached hydrogens (primary N) is 1. The highest BCUT2D eigenvalue weighted by Crippen LogP contribution is 2.23. The van der Waals surface area contributed by atoms with Gasteiger partial charge in [0.15, 0.2) is 0 Å². The van der Waals surface area contributed by atoms with Crippen LogP contribution in [0.2, 0.25) is 5.02 Å². The predicted octanol–water partition coefficient (Wildman–Crippen LogP) is 1.73. The molecule has 0 fully saturated rings. The van der Waals surface area contributed by atoms with Crippen molar-refractivity contribution in [2.75, 3.05) is 6.54 Å². The maximum absolute atomic E-state index is 6.11. The molecule has 0 unspecified atom stereocenters. The van der Waals surface area contributed by atoms with Crippen LogP contribution in [0.25, 0.3) is 10.9 Å². The zero-order chi connectivity index (χ0) is 10.1. The summed E-state index contributed by atoms with van der Waals surface area (Å²) in [6, 6.07) is 3.99. The van der Waals surface area contributed by atoms with Gasteiger partial charge in [-0.1, -0.05) is 11.6 Å². The average molecular weight is 210 g/mol. The molecule has 3 nitrogen and oxygen atoms in total. The lowest BCUT2D eigenvalue weighted by molar-refractivity contribution is 0.797. The Morgan fingerprint density at radius 3 is 3.00 bits per heavy atom. The Morgan fingerprint density at radius 1 is 1.50 bits per heavy atom. The fraction of sp³-hybridized carbons (Fsp3) is 0.300. The topological polar surface area (TPSA) is 43.8 Å². The van der Waals surface area contributed by atoms with Crippen molar-refractivity contribution < 1.29 is 0 Å². The summed E-state index contributed by atoms with van der Waals surface area (Å²) in [5, 5.41) is 6.05. The lowest BCUT2D eigenvalue weighted by Crippen LogP contribution is -2.03. The molecule has 1 aromatic carbocycles. The Labute approximate surface area is 87.5 Å². The molecule has 0 aliphatic carbocycles. The van der Waals surface area contributed by atoms with Crippen LogP contribution in [0.3, 0.4) is 0 Å². The standard InChI is InChI=1S/C10H12ClN3/c1-14-10-5-9(11)7(2-3-12)4-8(10)6-13-14/h4-6H,2-3,12H2,1H3. The fourth-order valence-electron chi connectivity index (χ4n) is 1.57. The van der Waals surface area contributed by atoms with Crippen LogP contribution in [0.15, 0.2) is 18.3 Å². The maximum Gasteiger partial charge on any atom is 0.0694 e. The van der Waals surface area contributed by atoms with Gasteiger partial charge in [0.2, 0.25) is 0 Å². The number of aryl methyl sites for hydroxylation is 1. The molecule has 0 aliphatic rings. The van der Waals surface area contributed by atoms with E-state index in [9.17, 15) is 0 Å². The molecule has 1 aromatic heterocycles. The Morgan fingerprint density at radius 2 is 2.29 bits per heavy atom. The minimum atomic E-state index is 0.617. The molecule has 2 aromatic rings. The summed E-state index contributed by atoms with van der Waals surface area (Å²) in [4.78, 5) is 0. The van der Waals surface area contributed by atoms with Crippen molar-refractivity contribution in [3.05, 3.63) is 28.9 Å². The molecule has 0 saturated carbocycles. The van der Waals surface area contributed by atoms with Gasteiger partial charge in [0.05, 0.1) is 11.7 Å². The summed E-state index contributed by atoms with van der Waals surface area (Å²) >= 11 is 6.11. The van der Waals surface area contributed by atoms with Crippen molar-refractivity contribution in [3.8, 4) is 0 Å². The highest BCUT2D eigenvalue weighted by molar-refractivity contribution is 6.32. The highest BCUT2D eigenvalue weighted by Gasteiger charge is 2.05. The zero-order valence-corrected chi connectivity index (χ0v) is 8.75. The number of benzene rings is 1. The molecule has 2 N–H and O–H groups in total. The third kappa shape index (κ3) is 1.49. The molecule has 0 amide bonds. The summed E-state index contributed by atoms with van der Waals surface area (Å²) in [7, 11) is 1.90. The largest absolute Gasteiger partial charge is 0.330 e. The minimum Gasteiger partial charge on any atom is -0.330 e. The summed E-state index contributed by atoms with van der Waals surface area (Å²) in [6.45, 7) is 0.617. The van der Waals surface area contributed by atoms with Crippen molar-refractivity contribution >= 4 is 22.5 Å². The lowest BCUT2D eigenvalue weighted by Gasteiger charge is -2.03. The van der Waals surface area contributed by atoms with Gasteiger partial charge in [0.1, 0.15) is 0 Å². The summed E-state index contributed by atoms with van der Waals surface area (Å²) < 4.78 is 1.81. The first-order valence-electron chi connectivity index (χ1n) is 4.52. The van der Waals surface area contributed by atoms with Gasteiger partial charge in [-0.25, -0.2) is 0 Å². The van der Waals surface area contributed by atoms with E-state index >= 15 is 0 Å². The second-order valence-corrected chi connectivity index (χ2v) is 3.72. The molecule has 0 spiro atoms. The number of hydrogen-bond donors (Lipinski definition) is 1. The normalized spacial score (nSPS) is 11.1. The number of fused-ring (bicyclic) bond motifs is 1. The lowest BCUT2D eigenvalue weighted by atomic mass is 10.1. The molecule has 0 atom stereocenters. The smallest absolute Gasteiger partial charge is 0.0694 e. The van der Waals surface area contributed by atoms with Crippen LogP contribution in [0.5, 0.6) is 0 Å². The van der Waals surface area contributed by atoms with Gasteiger partial charge in [-0.15, -0.1) is 0 Å². The first-order chi connectivity index (χ1) is 6.72. The Kier molecular flexibility index (Phi) is 2.44. The predicted molar refractivity (Wildman–Crippen MR) is 58.5 cm³/mol. The molecule has 74 valence electrons. The van der Waals surface area contributed by atoms with E-state index in [1.807, 2.05) is 24.0 Å². The second kappa shape index (κ2) is 3.59. The molecule has 0 aliphatic heterocycles. The number of aromatic nitrogens is 2. The van der Waals surface area contributed by atoms with Gasteiger partial charge in [-0.05, 0) is 30.7 Å². The summed E-state index contributed by atoms with van der Waals surface area (Å²) in [5.74, 6) is 0. The van der Waals surface area contributed by atoms with Crippen LogP contribution >= 0.6 is 11.6 Å². The maximum atomic E-state index is 6.11. The summed E-state index contributed by atoms with van der Waals surface area (Å²) in [5.41, 5.74) is 7.64. The molecule has 2 rings (SSSR count). The third-order valence-corrected chi connectivity index (χ3v) is 2.68. The van der Waals surface area contributed by atoms with Crippen LogP contribution in [-0.2, 0) is 13.5 Å². The van der Waals surface area contributed by atoms with Crippen molar-refractivity contribution in [2.45, 2.75) is 6.42 Å². The molecule has 0 radical (unpaired) electrons. The molecule has 0 bridgehead atoms. The first-order valence-corrected chi connectivity index (χ1v) is 4.90. The van der Waals surface area contributed by atoms with Crippen molar-refractivity contribution in [2.24, 2.45) is 12.8 Å². The van der Waals surface area contributed by atoms with E-state index in [0.29, 0.717) is 6.54 Å². The number of nitrogens with zero attached hydrogens (tertiary/aromatic N) is 2. The van der Waals surface area contributed by atoms with Gasteiger partial charge < -0.3 is 5.73 Å². The number of hydrogen-bond acceptors (Lipinski definition) is 2. The van der Waals surface area contributed by atoms with Gasteiger partial charge in [0.25, 0.3) is 0 Å². The molecule has 4 heteroatoms. The van der Waals surface area contributed by atoms with Crippen LogP contribution < -0.4 is 5.73 Å². The van der Waals surface area contributed by atoms with E-state index < -0.39 is 0 Å². The van der Waals surface area contributed by atoms with E-state index in [0.717, 1.165) is 27.9 Å². The second-order valence-electron chi connectivity index (χ2n) is 3.31. The quantitative estimate of drug-likeness (QED) is 0.819. The first kappa shape index (κ1) is 9.49. The van der Waals surface area contributed by atoms with E-state index in [-0.39, 0.29) is 0 Å². The van der Waals surface area contributed by atoms with Crippen molar-refractivity contribution in [1.29, 1.82) is 0 Å². The molecular weight excluding hydrogens is 198 g/mol. The molecule has 0 saturated heterocycles. The minimum absolute atomic E-state index is 0.617. The molecule has 14 heavy (non-hydrogen) atoms. The van der Waals surface area contributed by atoms with E-state index in [1.54, 1.807) is 0 Å². The molecular formula is C10H12ClN3. The molecule has 1 heterocycles. The van der Waals surface area contributed by atoms with Crippen LogP contribution in [-0.4, -0.2) is 16.3 Å². The Bertz CT molecular complexity index is 462. The van der Waals surface area contributed by atoms with E-state index in [2.05, 4.69) is 11.2 Å². The van der Waals surface area contributed by atoms with Crippen LogP contribution in [0.1, 0.15) is 5.56 Å². The fourth-order valence-corrected chi connectivity index (χ4v) is 1.82. The highest BCUT2D eigenvalue weighted by atomic mass is 35.5. The van der Waals surface area contributed by atoms with Gasteiger partial charge in [0, 0.05) is 17.5 Å². The van der Waals surface area contributed by atoms with Crippen LogP contribution in [0, 0.1) is 0 Å². The van der Waals surface area contributed by atoms with Crippen LogP contribution in [0.4, 0.5) is 0 Å².